The van der Waals surface area contributed by atoms with Gasteiger partial charge in [0.05, 0.1) is 5.56 Å². The number of carbonyl (C=O) groups is 2. The summed E-state index contributed by atoms with van der Waals surface area (Å²) in [5.74, 6) is -0.856. The number of rotatable bonds is 6. The van der Waals surface area contributed by atoms with E-state index in [9.17, 15) is 9.59 Å². The number of carboxylic acids is 1. The van der Waals surface area contributed by atoms with E-state index in [1.54, 1.807) is 19.1 Å². The van der Waals surface area contributed by atoms with Crippen LogP contribution in [0, 0.1) is 6.92 Å². The number of carbonyl (C=O) groups excluding carboxylic acids is 1. The Labute approximate surface area is 101 Å². The van der Waals surface area contributed by atoms with E-state index in [0.717, 1.165) is 24.8 Å². The van der Waals surface area contributed by atoms with Crippen molar-refractivity contribution in [1.82, 2.24) is 0 Å². The van der Waals surface area contributed by atoms with Crippen molar-refractivity contribution < 1.29 is 14.7 Å². The minimum atomic E-state index is -0.960. The van der Waals surface area contributed by atoms with Gasteiger partial charge in [0.1, 0.15) is 0 Å². The molecule has 17 heavy (non-hydrogen) atoms. The zero-order valence-corrected chi connectivity index (χ0v) is 10.3. The number of benzene rings is 1. The van der Waals surface area contributed by atoms with Gasteiger partial charge in [-0.25, -0.2) is 4.79 Å². The van der Waals surface area contributed by atoms with Gasteiger partial charge in [-0.15, -0.1) is 0 Å². The highest BCUT2D eigenvalue weighted by Crippen LogP contribution is 2.15. The van der Waals surface area contributed by atoms with Crippen LogP contribution in [0.15, 0.2) is 18.2 Å². The quantitative estimate of drug-likeness (QED) is 0.605. The highest BCUT2D eigenvalue weighted by molar-refractivity contribution is 5.98. The number of aromatic carboxylic acids is 1. The van der Waals surface area contributed by atoms with E-state index in [1.165, 1.54) is 6.07 Å². The van der Waals surface area contributed by atoms with Crippen LogP contribution in [-0.2, 0) is 0 Å². The summed E-state index contributed by atoms with van der Waals surface area (Å²) in [6.07, 6.45) is 3.58. The molecule has 1 aromatic rings. The van der Waals surface area contributed by atoms with Gasteiger partial charge >= 0.3 is 5.97 Å². The molecule has 0 aliphatic carbocycles. The molecule has 1 rings (SSSR count). The van der Waals surface area contributed by atoms with E-state index >= 15 is 0 Å². The zero-order valence-electron chi connectivity index (χ0n) is 10.3. The largest absolute Gasteiger partial charge is 0.478 e. The molecule has 0 saturated heterocycles. The lowest BCUT2D eigenvalue weighted by molar-refractivity contribution is 0.0696. The first kappa shape index (κ1) is 13.4. The number of carboxylic acid groups (broad SMARTS) is 1. The van der Waals surface area contributed by atoms with Gasteiger partial charge < -0.3 is 5.11 Å². The van der Waals surface area contributed by atoms with Crippen molar-refractivity contribution in [3.63, 3.8) is 0 Å². The molecule has 0 aliphatic heterocycles. The fourth-order valence-corrected chi connectivity index (χ4v) is 1.78. The molecule has 3 nitrogen and oxygen atoms in total. The van der Waals surface area contributed by atoms with Crippen LogP contribution in [0.25, 0.3) is 0 Å². The molecule has 0 aromatic heterocycles. The molecule has 0 aliphatic rings. The normalized spacial score (nSPS) is 10.2. The molecule has 0 bridgehead atoms. The summed E-state index contributed by atoms with van der Waals surface area (Å²) in [6.45, 7) is 3.87. The van der Waals surface area contributed by atoms with Crippen molar-refractivity contribution in [2.45, 2.75) is 39.5 Å². The lowest BCUT2D eigenvalue weighted by Gasteiger charge is -2.05. The second-order valence-corrected chi connectivity index (χ2v) is 4.22. The van der Waals surface area contributed by atoms with Crippen LogP contribution in [0.4, 0.5) is 0 Å². The van der Waals surface area contributed by atoms with Gasteiger partial charge in [-0.05, 0) is 31.0 Å². The first-order valence-corrected chi connectivity index (χ1v) is 5.93. The minimum absolute atomic E-state index is 0.105. The second kappa shape index (κ2) is 6.18. The minimum Gasteiger partial charge on any atom is -0.478 e. The van der Waals surface area contributed by atoms with Crippen LogP contribution in [0.1, 0.15) is 58.9 Å². The van der Waals surface area contributed by atoms with Gasteiger partial charge in [-0.3, -0.25) is 4.79 Å². The molecule has 0 amide bonds. The van der Waals surface area contributed by atoms with Crippen molar-refractivity contribution in [3.05, 3.63) is 34.9 Å². The average Bonchev–Trinajstić information content (AvgIpc) is 2.28. The molecule has 92 valence electrons. The maximum Gasteiger partial charge on any atom is 0.335 e. The van der Waals surface area contributed by atoms with Crippen molar-refractivity contribution in [1.29, 1.82) is 0 Å². The third-order valence-electron chi connectivity index (χ3n) is 2.78. The first-order valence-electron chi connectivity index (χ1n) is 5.93. The van der Waals surface area contributed by atoms with Gasteiger partial charge in [0, 0.05) is 12.0 Å². The van der Waals surface area contributed by atoms with Gasteiger partial charge in [-0.2, -0.15) is 0 Å². The summed E-state index contributed by atoms with van der Waals surface area (Å²) in [5.41, 5.74) is 1.62. The monoisotopic (exact) mass is 234 g/mol. The highest BCUT2D eigenvalue weighted by atomic mass is 16.4. The Bertz CT molecular complexity index is 421. The predicted molar refractivity (Wildman–Crippen MR) is 66.6 cm³/mol. The number of ketones is 1. The molecule has 0 spiro atoms. The Morgan fingerprint density at radius 1 is 1.24 bits per heavy atom. The topological polar surface area (TPSA) is 54.4 Å². The molecular formula is C14H18O3. The molecule has 1 aromatic carbocycles. The molecular weight excluding hydrogens is 216 g/mol. The molecule has 0 heterocycles. The summed E-state index contributed by atoms with van der Waals surface area (Å²) in [6, 6.07) is 4.66. The predicted octanol–water partition coefficient (Wildman–Crippen LogP) is 3.46. The fraction of sp³-hybridized carbons (Fsp3) is 0.429. The van der Waals surface area contributed by atoms with E-state index in [4.69, 9.17) is 5.11 Å². The van der Waals surface area contributed by atoms with Crippen LogP contribution < -0.4 is 0 Å². The van der Waals surface area contributed by atoms with Crippen molar-refractivity contribution >= 4 is 11.8 Å². The number of unbranched alkanes of at least 4 members (excludes halogenated alkanes) is 2. The highest BCUT2D eigenvalue weighted by Gasteiger charge is 2.11. The number of hydrogen-bond acceptors (Lipinski definition) is 2. The van der Waals surface area contributed by atoms with Crippen LogP contribution in [0.5, 0.6) is 0 Å². The standard InChI is InChI=1S/C14H18O3/c1-3-4-5-6-13(15)12-8-7-11(14(16)17)9-10(12)2/h7-9H,3-6H2,1-2H3,(H,16,17). The molecule has 1 N–H and O–H groups in total. The van der Waals surface area contributed by atoms with E-state index < -0.39 is 5.97 Å². The van der Waals surface area contributed by atoms with Crippen LogP contribution in [0.2, 0.25) is 0 Å². The van der Waals surface area contributed by atoms with E-state index in [1.807, 2.05) is 0 Å². The molecule has 0 atom stereocenters. The van der Waals surface area contributed by atoms with E-state index in [-0.39, 0.29) is 11.3 Å². The first-order chi connectivity index (χ1) is 8.06. The van der Waals surface area contributed by atoms with E-state index in [2.05, 4.69) is 6.92 Å². The van der Waals surface area contributed by atoms with Gasteiger partial charge in [-0.1, -0.05) is 25.8 Å². The molecule has 0 saturated carbocycles. The summed E-state index contributed by atoms with van der Waals surface area (Å²) in [4.78, 5) is 22.6. The fourth-order valence-electron chi connectivity index (χ4n) is 1.78. The second-order valence-electron chi connectivity index (χ2n) is 4.22. The van der Waals surface area contributed by atoms with Gasteiger partial charge in [0.15, 0.2) is 5.78 Å². The SMILES string of the molecule is CCCCCC(=O)c1ccc(C(=O)O)cc1C. The molecule has 0 fully saturated rings. The number of aryl methyl sites for hydroxylation is 1. The molecule has 0 radical (unpaired) electrons. The average molecular weight is 234 g/mol. The maximum absolute atomic E-state index is 11.9. The lowest BCUT2D eigenvalue weighted by Crippen LogP contribution is -2.04. The maximum atomic E-state index is 11.9. The van der Waals surface area contributed by atoms with Crippen molar-refractivity contribution in [2.75, 3.05) is 0 Å². The molecule has 0 unspecified atom stereocenters. The van der Waals surface area contributed by atoms with Crippen molar-refractivity contribution in [3.8, 4) is 0 Å². The Kier molecular flexibility index (Phi) is 4.88. The lowest BCUT2D eigenvalue weighted by atomic mass is 9.98. The number of hydrogen-bond donors (Lipinski definition) is 1. The summed E-state index contributed by atoms with van der Waals surface area (Å²) in [5, 5.41) is 8.83. The third-order valence-corrected chi connectivity index (χ3v) is 2.78. The Hall–Kier alpha value is -1.64. The Morgan fingerprint density at radius 3 is 2.47 bits per heavy atom. The molecule has 3 heteroatoms. The number of Topliss-reactive ketones (excluding diaryl/α,β-unsaturated/α-hetero) is 1. The van der Waals surface area contributed by atoms with E-state index in [0.29, 0.717) is 12.0 Å². The summed E-state index contributed by atoms with van der Waals surface area (Å²) >= 11 is 0. The van der Waals surface area contributed by atoms with Crippen LogP contribution in [-0.4, -0.2) is 16.9 Å². The van der Waals surface area contributed by atoms with Gasteiger partial charge in [0.25, 0.3) is 0 Å². The third kappa shape index (κ3) is 3.70. The summed E-state index contributed by atoms with van der Waals surface area (Å²) < 4.78 is 0. The zero-order chi connectivity index (χ0) is 12.8. The summed E-state index contributed by atoms with van der Waals surface area (Å²) in [7, 11) is 0. The van der Waals surface area contributed by atoms with Crippen LogP contribution in [0.3, 0.4) is 0 Å². The Balaban J connectivity index is 2.78. The van der Waals surface area contributed by atoms with Gasteiger partial charge in [0.2, 0.25) is 0 Å². The Morgan fingerprint density at radius 2 is 1.94 bits per heavy atom. The van der Waals surface area contributed by atoms with Crippen LogP contribution >= 0.6 is 0 Å². The van der Waals surface area contributed by atoms with Crippen molar-refractivity contribution in [2.24, 2.45) is 0 Å². The smallest absolute Gasteiger partial charge is 0.335 e.